The van der Waals surface area contributed by atoms with Crippen molar-refractivity contribution in [3.05, 3.63) is 35.7 Å². The molecule has 2 aromatic rings. The SMILES string of the molecule is COCCNC1CCC(Nc2cc(-c3cncc(NCC4(C#N)CC4)c3)c(Cl)cn2)CC1. The van der Waals surface area contributed by atoms with Gasteiger partial charge in [-0.1, -0.05) is 11.6 Å². The van der Waals surface area contributed by atoms with E-state index < -0.39 is 0 Å². The van der Waals surface area contributed by atoms with Gasteiger partial charge in [-0.15, -0.1) is 0 Å². The van der Waals surface area contributed by atoms with E-state index in [0.717, 1.165) is 74.3 Å². The lowest BCUT2D eigenvalue weighted by Gasteiger charge is -2.30. The number of pyridine rings is 2. The second-order valence-electron chi connectivity index (χ2n) is 8.90. The van der Waals surface area contributed by atoms with E-state index in [1.807, 2.05) is 18.3 Å². The minimum atomic E-state index is -0.209. The number of aromatic nitrogens is 2. The Morgan fingerprint density at radius 2 is 1.94 bits per heavy atom. The van der Waals surface area contributed by atoms with Crippen molar-refractivity contribution < 1.29 is 4.74 Å². The fourth-order valence-corrected chi connectivity index (χ4v) is 4.40. The Kier molecular flexibility index (Phi) is 7.46. The molecule has 2 aliphatic carbocycles. The van der Waals surface area contributed by atoms with Crippen LogP contribution in [0.1, 0.15) is 38.5 Å². The number of nitrogens with one attached hydrogen (secondary N) is 3. The molecule has 2 aliphatic rings. The minimum Gasteiger partial charge on any atom is -0.383 e. The molecule has 0 amide bonds. The van der Waals surface area contributed by atoms with Gasteiger partial charge in [0.1, 0.15) is 5.82 Å². The molecule has 170 valence electrons. The summed E-state index contributed by atoms with van der Waals surface area (Å²) in [5, 5.41) is 20.4. The Labute approximate surface area is 194 Å². The molecular formula is C24H31ClN6O. The van der Waals surface area contributed by atoms with Gasteiger partial charge in [0.25, 0.3) is 0 Å². The zero-order valence-corrected chi connectivity index (χ0v) is 19.3. The Hall–Kier alpha value is -2.40. The monoisotopic (exact) mass is 454 g/mol. The third kappa shape index (κ3) is 5.89. The topological polar surface area (TPSA) is 94.9 Å². The molecule has 2 fully saturated rings. The molecule has 0 bridgehead atoms. The maximum Gasteiger partial charge on any atom is 0.126 e. The van der Waals surface area contributed by atoms with Crippen molar-refractivity contribution in [1.29, 1.82) is 5.26 Å². The molecule has 0 spiro atoms. The van der Waals surface area contributed by atoms with E-state index >= 15 is 0 Å². The summed E-state index contributed by atoms with van der Waals surface area (Å²) >= 11 is 6.49. The third-order valence-electron chi connectivity index (χ3n) is 6.44. The van der Waals surface area contributed by atoms with Crippen molar-refractivity contribution in [2.45, 2.75) is 50.6 Å². The summed E-state index contributed by atoms with van der Waals surface area (Å²) in [6.07, 6.45) is 11.7. The van der Waals surface area contributed by atoms with Crippen LogP contribution in [-0.4, -0.2) is 48.9 Å². The van der Waals surface area contributed by atoms with Gasteiger partial charge in [-0.2, -0.15) is 5.26 Å². The van der Waals surface area contributed by atoms with Crippen LogP contribution >= 0.6 is 11.6 Å². The van der Waals surface area contributed by atoms with E-state index in [1.165, 1.54) is 0 Å². The fraction of sp³-hybridized carbons (Fsp3) is 0.542. The number of ether oxygens (including phenoxy) is 1. The molecule has 3 N–H and O–H groups in total. The highest BCUT2D eigenvalue weighted by Gasteiger charge is 2.42. The van der Waals surface area contributed by atoms with E-state index in [0.29, 0.717) is 23.7 Å². The highest BCUT2D eigenvalue weighted by Crippen LogP contribution is 2.44. The average Bonchev–Trinajstić information content (AvgIpc) is 3.61. The summed E-state index contributed by atoms with van der Waals surface area (Å²) in [5.41, 5.74) is 2.51. The van der Waals surface area contributed by atoms with Gasteiger partial charge < -0.3 is 20.7 Å². The largest absolute Gasteiger partial charge is 0.383 e. The predicted octanol–water partition coefficient (Wildman–Crippen LogP) is 4.47. The smallest absolute Gasteiger partial charge is 0.126 e. The predicted molar refractivity (Wildman–Crippen MR) is 128 cm³/mol. The standard InChI is InChI=1S/C24H31ClN6O/c1-32-9-8-28-18-2-4-19(5-3-18)31-23-11-21(22(25)14-29-23)17-10-20(13-27-12-17)30-16-24(15-26)6-7-24/h10-14,18-19,28,30H,2-9,16H2,1H3,(H,29,31). The summed E-state index contributed by atoms with van der Waals surface area (Å²) in [6.45, 7) is 2.30. The van der Waals surface area contributed by atoms with Crippen LogP contribution in [0.2, 0.25) is 5.02 Å². The number of methoxy groups -OCH3 is 1. The van der Waals surface area contributed by atoms with Gasteiger partial charge in [-0.3, -0.25) is 4.98 Å². The molecule has 2 aromatic heterocycles. The lowest BCUT2D eigenvalue weighted by atomic mass is 9.91. The van der Waals surface area contributed by atoms with Gasteiger partial charge in [-0.05, 0) is 50.7 Å². The number of anilines is 2. The summed E-state index contributed by atoms with van der Waals surface area (Å²) in [7, 11) is 1.73. The lowest BCUT2D eigenvalue weighted by molar-refractivity contribution is 0.191. The van der Waals surface area contributed by atoms with Gasteiger partial charge in [0.05, 0.1) is 28.8 Å². The summed E-state index contributed by atoms with van der Waals surface area (Å²) in [6, 6.07) is 7.41. The molecule has 0 atom stereocenters. The van der Waals surface area contributed by atoms with E-state index in [-0.39, 0.29) is 5.41 Å². The van der Waals surface area contributed by atoms with Gasteiger partial charge in [0.2, 0.25) is 0 Å². The van der Waals surface area contributed by atoms with Gasteiger partial charge >= 0.3 is 0 Å². The van der Waals surface area contributed by atoms with Crippen LogP contribution in [0.15, 0.2) is 30.7 Å². The van der Waals surface area contributed by atoms with Crippen molar-refractivity contribution >= 4 is 23.1 Å². The molecule has 4 rings (SSSR count). The highest BCUT2D eigenvalue weighted by molar-refractivity contribution is 6.33. The second kappa shape index (κ2) is 10.5. The zero-order chi connectivity index (χ0) is 22.4. The molecule has 0 radical (unpaired) electrons. The summed E-state index contributed by atoms with van der Waals surface area (Å²) in [4.78, 5) is 8.87. The Morgan fingerprint density at radius 3 is 2.66 bits per heavy atom. The molecule has 0 aliphatic heterocycles. The van der Waals surface area contributed by atoms with Crippen LogP contribution in [0.4, 0.5) is 11.5 Å². The molecule has 0 saturated heterocycles. The quantitative estimate of drug-likeness (QED) is 0.456. The summed E-state index contributed by atoms with van der Waals surface area (Å²) < 4.78 is 5.12. The van der Waals surface area contributed by atoms with Crippen LogP contribution in [0.25, 0.3) is 11.1 Å². The summed E-state index contributed by atoms with van der Waals surface area (Å²) in [5.74, 6) is 0.833. The molecule has 7 nitrogen and oxygen atoms in total. The van der Waals surface area contributed by atoms with Crippen LogP contribution in [0, 0.1) is 16.7 Å². The van der Waals surface area contributed by atoms with E-state index in [4.69, 9.17) is 16.3 Å². The van der Waals surface area contributed by atoms with Crippen molar-refractivity contribution in [2.75, 3.05) is 37.4 Å². The van der Waals surface area contributed by atoms with Crippen molar-refractivity contribution in [3.8, 4) is 17.2 Å². The first-order valence-electron chi connectivity index (χ1n) is 11.4. The number of rotatable bonds is 10. The van der Waals surface area contributed by atoms with Crippen molar-refractivity contribution in [2.24, 2.45) is 5.41 Å². The van der Waals surface area contributed by atoms with Crippen LogP contribution in [0.5, 0.6) is 0 Å². The number of nitriles is 1. The van der Waals surface area contributed by atoms with Crippen LogP contribution in [0.3, 0.4) is 0 Å². The van der Waals surface area contributed by atoms with Gasteiger partial charge in [-0.25, -0.2) is 4.98 Å². The Bertz CT molecular complexity index is 950. The molecule has 2 heterocycles. The Morgan fingerprint density at radius 1 is 1.16 bits per heavy atom. The maximum absolute atomic E-state index is 9.29. The van der Waals surface area contributed by atoms with Crippen LogP contribution in [-0.2, 0) is 4.74 Å². The fourth-order valence-electron chi connectivity index (χ4n) is 4.19. The van der Waals surface area contributed by atoms with E-state index in [2.05, 4.69) is 32.0 Å². The molecule has 2 saturated carbocycles. The minimum absolute atomic E-state index is 0.209. The molecular weight excluding hydrogens is 424 g/mol. The van der Waals surface area contributed by atoms with Crippen molar-refractivity contribution in [1.82, 2.24) is 15.3 Å². The number of halogens is 1. The van der Waals surface area contributed by atoms with E-state index in [9.17, 15) is 5.26 Å². The van der Waals surface area contributed by atoms with Crippen LogP contribution < -0.4 is 16.0 Å². The number of hydrogen-bond acceptors (Lipinski definition) is 7. The first-order valence-corrected chi connectivity index (χ1v) is 11.7. The lowest BCUT2D eigenvalue weighted by Crippen LogP contribution is -2.38. The normalized spacial score (nSPS) is 21.5. The first kappa shape index (κ1) is 22.8. The van der Waals surface area contributed by atoms with E-state index in [1.54, 1.807) is 19.5 Å². The van der Waals surface area contributed by atoms with Gasteiger partial charge in [0.15, 0.2) is 0 Å². The first-order chi connectivity index (χ1) is 15.6. The zero-order valence-electron chi connectivity index (χ0n) is 18.5. The number of nitrogens with zero attached hydrogens (tertiary/aromatic N) is 3. The van der Waals surface area contributed by atoms with Crippen molar-refractivity contribution in [3.63, 3.8) is 0 Å². The maximum atomic E-state index is 9.29. The average molecular weight is 455 g/mol. The molecule has 0 unspecified atom stereocenters. The second-order valence-corrected chi connectivity index (χ2v) is 9.30. The molecule has 0 aromatic carbocycles. The van der Waals surface area contributed by atoms with Gasteiger partial charge in [0, 0.05) is 62.0 Å². The Balaban J connectivity index is 1.37. The third-order valence-corrected chi connectivity index (χ3v) is 6.75. The number of hydrogen-bond donors (Lipinski definition) is 3. The molecule has 32 heavy (non-hydrogen) atoms. The highest BCUT2D eigenvalue weighted by atomic mass is 35.5. The molecule has 8 heteroatoms.